The van der Waals surface area contributed by atoms with Crippen molar-refractivity contribution >= 4 is 12.1 Å². The van der Waals surface area contributed by atoms with E-state index in [1.54, 1.807) is 44.6 Å². The number of nitrogens with one attached hydrogen (secondary N) is 1. The van der Waals surface area contributed by atoms with Crippen molar-refractivity contribution in [1.82, 2.24) is 5.43 Å². The maximum Gasteiger partial charge on any atom is 0.275 e. The van der Waals surface area contributed by atoms with Crippen molar-refractivity contribution in [3.63, 3.8) is 0 Å². The lowest BCUT2D eigenvalue weighted by Crippen LogP contribution is -2.18. The van der Waals surface area contributed by atoms with Gasteiger partial charge in [0.2, 0.25) is 0 Å². The van der Waals surface area contributed by atoms with Gasteiger partial charge in [0.25, 0.3) is 5.91 Å². The molecule has 2 aromatic rings. The average Bonchev–Trinajstić information content (AvgIpc) is 2.68. The van der Waals surface area contributed by atoms with Gasteiger partial charge in [-0.3, -0.25) is 4.79 Å². The Bertz CT molecular complexity index is 789. The minimum atomic E-state index is -0.390. The Morgan fingerprint density at radius 1 is 1.00 bits per heavy atom. The van der Waals surface area contributed by atoms with Crippen LogP contribution < -0.4 is 24.4 Å². The van der Waals surface area contributed by atoms with Gasteiger partial charge in [-0.1, -0.05) is 0 Å². The van der Waals surface area contributed by atoms with E-state index in [2.05, 4.69) is 10.5 Å². The lowest BCUT2D eigenvalue weighted by molar-refractivity contribution is 0.0952. The summed E-state index contributed by atoms with van der Waals surface area (Å²) in [7, 11) is 4.60. The molecular weight excluding hydrogens is 336 g/mol. The summed E-state index contributed by atoms with van der Waals surface area (Å²) in [6.07, 6.45) is 1.52. The van der Waals surface area contributed by atoms with E-state index < -0.39 is 5.91 Å². The zero-order valence-corrected chi connectivity index (χ0v) is 15.2. The van der Waals surface area contributed by atoms with Gasteiger partial charge in [0.15, 0.2) is 11.5 Å². The highest BCUT2D eigenvalue weighted by atomic mass is 16.5. The molecule has 0 saturated carbocycles. The predicted octanol–water partition coefficient (Wildman–Crippen LogP) is 2.88. The first kappa shape index (κ1) is 19.1. The fourth-order valence-electron chi connectivity index (χ4n) is 2.25. The van der Waals surface area contributed by atoms with E-state index in [1.807, 2.05) is 13.0 Å². The zero-order chi connectivity index (χ0) is 18.9. The van der Waals surface area contributed by atoms with Gasteiger partial charge in [0, 0.05) is 6.07 Å². The number of rotatable bonds is 8. The van der Waals surface area contributed by atoms with E-state index in [1.165, 1.54) is 13.3 Å². The van der Waals surface area contributed by atoms with Gasteiger partial charge in [-0.25, -0.2) is 5.43 Å². The maximum atomic E-state index is 12.3. The van der Waals surface area contributed by atoms with Gasteiger partial charge < -0.3 is 18.9 Å². The molecule has 1 amide bonds. The fraction of sp³-hybridized carbons (Fsp3) is 0.263. The molecule has 0 unspecified atom stereocenters. The van der Waals surface area contributed by atoms with Gasteiger partial charge in [0.1, 0.15) is 11.5 Å². The van der Waals surface area contributed by atoms with Crippen molar-refractivity contribution in [2.75, 3.05) is 27.9 Å². The second-order valence-corrected chi connectivity index (χ2v) is 5.11. The third-order valence-electron chi connectivity index (χ3n) is 3.52. The number of carbonyl (C=O) groups excluding carboxylic acids is 1. The van der Waals surface area contributed by atoms with E-state index in [0.717, 1.165) is 5.56 Å². The van der Waals surface area contributed by atoms with Crippen LogP contribution in [0.4, 0.5) is 0 Å². The Morgan fingerprint density at radius 3 is 2.42 bits per heavy atom. The number of hydrogen-bond acceptors (Lipinski definition) is 6. The summed E-state index contributed by atoms with van der Waals surface area (Å²) in [6.45, 7) is 2.45. The Labute approximate surface area is 152 Å². The van der Waals surface area contributed by atoms with Crippen LogP contribution in [-0.4, -0.2) is 40.1 Å². The number of benzene rings is 2. The highest BCUT2D eigenvalue weighted by Gasteiger charge is 2.12. The predicted molar refractivity (Wildman–Crippen MR) is 98.8 cm³/mol. The van der Waals surface area contributed by atoms with E-state index in [9.17, 15) is 4.79 Å². The first-order chi connectivity index (χ1) is 12.6. The smallest absolute Gasteiger partial charge is 0.275 e. The highest BCUT2D eigenvalue weighted by Crippen LogP contribution is 2.27. The molecule has 0 aliphatic rings. The van der Waals surface area contributed by atoms with E-state index in [0.29, 0.717) is 35.2 Å². The number of hydrazone groups is 1. The summed E-state index contributed by atoms with van der Waals surface area (Å²) in [4.78, 5) is 12.3. The number of hydrogen-bond donors (Lipinski definition) is 1. The van der Waals surface area contributed by atoms with Crippen LogP contribution in [0.5, 0.6) is 23.0 Å². The minimum Gasteiger partial charge on any atom is -0.497 e. The molecule has 0 heterocycles. The summed E-state index contributed by atoms with van der Waals surface area (Å²) in [6, 6.07) is 10.3. The summed E-state index contributed by atoms with van der Waals surface area (Å²) in [5.74, 6) is 1.86. The van der Waals surface area contributed by atoms with Crippen LogP contribution in [0.2, 0.25) is 0 Å². The van der Waals surface area contributed by atoms with Gasteiger partial charge in [-0.15, -0.1) is 0 Å². The first-order valence-corrected chi connectivity index (χ1v) is 7.99. The minimum absolute atomic E-state index is 0.356. The van der Waals surface area contributed by atoms with Crippen LogP contribution >= 0.6 is 0 Å². The third kappa shape index (κ3) is 4.66. The average molecular weight is 358 g/mol. The van der Waals surface area contributed by atoms with E-state index >= 15 is 0 Å². The van der Waals surface area contributed by atoms with Crippen molar-refractivity contribution in [2.45, 2.75) is 6.92 Å². The molecule has 7 nitrogen and oxygen atoms in total. The normalized spacial score (nSPS) is 10.5. The van der Waals surface area contributed by atoms with Crippen LogP contribution in [0.25, 0.3) is 0 Å². The lowest BCUT2D eigenvalue weighted by Gasteiger charge is -2.10. The molecule has 7 heteroatoms. The molecular formula is C19H22N2O5. The Morgan fingerprint density at radius 2 is 1.77 bits per heavy atom. The number of carbonyl (C=O) groups is 1. The van der Waals surface area contributed by atoms with Gasteiger partial charge in [-0.2, -0.15) is 5.10 Å². The molecule has 0 atom stereocenters. The van der Waals surface area contributed by atoms with Crippen LogP contribution in [0.1, 0.15) is 22.8 Å². The number of nitrogens with zero attached hydrogens (tertiary/aromatic N) is 1. The van der Waals surface area contributed by atoms with Crippen molar-refractivity contribution in [3.05, 3.63) is 47.5 Å². The molecule has 138 valence electrons. The largest absolute Gasteiger partial charge is 0.497 e. The molecule has 0 radical (unpaired) electrons. The Hall–Kier alpha value is -3.22. The van der Waals surface area contributed by atoms with E-state index in [-0.39, 0.29) is 0 Å². The highest BCUT2D eigenvalue weighted by molar-refractivity contribution is 5.97. The molecule has 0 aliphatic heterocycles. The molecule has 0 bridgehead atoms. The lowest BCUT2D eigenvalue weighted by atomic mass is 10.2. The van der Waals surface area contributed by atoms with Gasteiger partial charge >= 0.3 is 0 Å². The monoisotopic (exact) mass is 358 g/mol. The Balaban J connectivity index is 2.09. The summed E-state index contributed by atoms with van der Waals surface area (Å²) in [5.41, 5.74) is 3.59. The molecule has 0 saturated heterocycles. The molecule has 2 rings (SSSR count). The van der Waals surface area contributed by atoms with Crippen LogP contribution in [0, 0.1) is 0 Å². The topological polar surface area (TPSA) is 78.4 Å². The second-order valence-electron chi connectivity index (χ2n) is 5.11. The number of amides is 1. The maximum absolute atomic E-state index is 12.3. The second kappa shape index (κ2) is 9.31. The van der Waals surface area contributed by atoms with Crippen molar-refractivity contribution < 1.29 is 23.7 Å². The standard InChI is InChI=1S/C19H22N2O5/c1-5-26-16-9-6-13(10-18(16)25-4)12-20-21-19(22)15-8-7-14(23-2)11-17(15)24-3/h6-12H,5H2,1-4H3,(H,21,22)/b20-12+. The van der Waals surface area contributed by atoms with Crippen LogP contribution in [0.3, 0.4) is 0 Å². The van der Waals surface area contributed by atoms with Gasteiger partial charge in [0.05, 0.1) is 39.7 Å². The van der Waals surface area contributed by atoms with Crippen molar-refractivity contribution in [2.24, 2.45) is 5.10 Å². The molecule has 0 fully saturated rings. The number of ether oxygens (including phenoxy) is 4. The Kier molecular flexibility index (Phi) is 6.84. The quantitative estimate of drug-likeness (QED) is 0.580. The SMILES string of the molecule is CCOc1ccc(/C=N/NC(=O)c2ccc(OC)cc2OC)cc1OC. The fourth-order valence-corrected chi connectivity index (χ4v) is 2.25. The molecule has 1 N–H and O–H groups in total. The van der Waals surface area contributed by atoms with Crippen LogP contribution in [0.15, 0.2) is 41.5 Å². The van der Waals surface area contributed by atoms with Crippen molar-refractivity contribution in [1.29, 1.82) is 0 Å². The summed E-state index contributed by atoms with van der Waals surface area (Å²) in [5, 5.41) is 3.98. The molecule has 0 spiro atoms. The number of methoxy groups -OCH3 is 3. The summed E-state index contributed by atoms with van der Waals surface area (Å²) < 4.78 is 21.1. The van der Waals surface area contributed by atoms with Crippen molar-refractivity contribution in [3.8, 4) is 23.0 Å². The summed E-state index contributed by atoms with van der Waals surface area (Å²) >= 11 is 0. The van der Waals surface area contributed by atoms with E-state index in [4.69, 9.17) is 18.9 Å². The van der Waals surface area contributed by atoms with Crippen LogP contribution in [-0.2, 0) is 0 Å². The molecule has 26 heavy (non-hydrogen) atoms. The zero-order valence-electron chi connectivity index (χ0n) is 15.2. The third-order valence-corrected chi connectivity index (χ3v) is 3.52. The molecule has 2 aromatic carbocycles. The first-order valence-electron chi connectivity index (χ1n) is 7.99. The van der Waals surface area contributed by atoms with Gasteiger partial charge in [-0.05, 0) is 42.8 Å². The molecule has 0 aliphatic carbocycles. The molecule has 0 aromatic heterocycles.